The molecule has 2 heterocycles. The van der Waals surface area contributed by atoms with Crippen molar-refractivity contribution in [3.63, 3.8) is 0 Å². The fraction of sp³-hybridized carbons (Fsp3) is 0.261. The SMILES string of the molecule is CCCCc1cc(O)c(-c2ccc(C(C)N)cc2)c2c1[nH]c(=O)c1sccc12. The number of nitrogens with two attached hydrogens (primary N) is 1. The first-order valence-corrected chi connectivity index (χ1v) is 10.5. The number of aromatic amines is 1. The van der Waals surface area contributed by atoms with Gasteiger partial charge in [0.1, 0.15) is 10.4 Å². The van der Waals surface area contributed by atoms with E-state index in [-0.39, 0.29) is 17.4 Å². The number of phenolic OH excluding ortho intramolecular Hbond substituents is 1. The Hall–Kier alpha value is -2.63. The Balaban J connectivity index is 2.07. The molecule has 0 aliphatic carbocycles. The van der Waals surface area contributed by atoms with Gasteiger partial charge in [-0.3, -0.25) is 4.79 Å². The molecule has 0 aliphatic rings. The van der Waals surface area contributed by atoms with E-state index in [0.717, 1.165) is 57.8 Å². The van der Waals surface area contributed by atoms with Gasteiger partial charge in [0.15, 0.2) is 0 Å². The zero-order valence-corrected chi connectivity index (χ0v) is 16.9. The third kappa shape index (κ3) is 3.11. The molecule has 0 fully saturated rings. The number of nitrogens with one attached hydrogen (secondary N) is 1. The Bertz CT molecular complexity index is 1200. The number of benzene rings is 2. The lowest BCUT2D eigenvalue weighted by Crippen LogP contribution is -2.07. The van der Waals surface area contributed by atoms with E-state index in [1.807, 2.05) is 42.6 Å². The second kappa shape index (κ2) is 7.41. The number of aromatic nitrogens is 1. The maximum absolute atomic E-state index is 12.6. The molecule has 144 valence electrons. The zero-order chi connectivity index (χ0) is 19.8. The van der Waals surface area contributed by atoms with Crippen LogP contribution in [0.3, 0.4) is 0 Å². The molecule has 0 saturated carbocycles. The van der Waals surface area contributed by atoms with Crippen LogP contribution in [-0.2, 0) is 6.42 Å². The second-order valence-corrected chi connectivity index (χ2v) is 8.23. The first kappa shape index (κ1) is 18.7. The summed E-state index contributed by atoms with van der Waals surface area (Å²) in [6, 6.07) is 11.7. The summed E-state index contributed by atoms with van der Waals surface area (Å²) in [4.78, 5) is 15.7. The predicted molar refractivity (Wildman–Crippen MR) is 118 cm³/mol. The Labute approximate surface area is 167 Å². The minimum atomic E-state index is -0.0702. The van der Waals surface area contributed by atoms with Crippen LogP contribution in [0.25, 0.3) is 32.1 Å². The Morgan fingerprint density at radius 2 is 1.96 bits per heavy atom. The Morgan fingerprint density at radius 3 is 2.64 bits per heavy atom. The highest BCUT2D eigenvalue weighted by Crippen LogP contribution is 2.41. The summed E-state index contributed by atoms with van der Waals surface area (Å²) in [5.41, 5.74) is 10.4. The van der Waals surface area contributed by atoms with E-state index < -0.39 is 0 Å². The topological polar surface area (TPSA) is 79.1 Å². The third-order valence-corrected chi connectivity index (χ3v) is 6.21. The molecule has 0 spiro atoms. The zero-order valence-electron chi connectivity index (χ0n) is 16.1. The quantitative estimate of drug-likeness (QED) is 0.421. The first-order chi connectivity index (χ1) is 13.5. The van der Waals surface area contributed by atoms with Crippen LogP contribution in [0.5, 0.6) is 5.75 Å². The summed E-state index contributed by atoms with van der Waals surface area (Å²) in [6.45, 7) is 4.08. The molecule has 0 amide bonds. The summed E-state index contributed by atoms with van der Waals surface area (Å²) >= 11 is 1.43. The maximum atomic E-state index is 12.6. The van der Waals surface area contributed by atoms with Crippen LogP contribution in [0.1, 0.15) is 43.9 Å². The van der Waals surface area contributed by atoms with Gasteiger partial charge < -0.3 is 15.8 Å². The van der Waals surface area contributed by atoms with Crippen molar-refractivity contribution >= 4 is 32.3 Å². The molecule has 0 saturated heterocycles. The van der Waals surface area contributed by atoms with Crippen molar-refractivity contribution in [2.75, 3.05) is 0 Å². The van der Waals surface area contributed by atoms with E-state index in [4.69, 9.17) is 5.73 Å². The molecular formula is C23H24N2O2S. The van der Waals surface area contributed by atoms with Gasteiger partial charge in [0, 0.05) is 22.4 Å². The van der Waals surface area contributed by atoms with Gasteiger partial charge in [0.05, 0.1) is 5.52 Å². The largest absolute Gasteiger partial charge is 0.507 e. The van der Waals surface area contributed by atoms with Crippen molar-refractivity contribution < 1.29 is 5.11 Å². The van der Waals surface area contributed by atoms with Crippen LogP contribution in [-0.4, -0.2) is 10.1 Å². The van der Waals surface area contributed by atoms with Gasteiger partial charge in [-0.2, -0.15) is 0 Å². The molecule has 0 radical (unpaired) electrons. The summed E-state index contributed by atoms with van der Waals surface area (Å²) in [5.74, 6) is 0.242. The number of aromatic hydroxyl groups is 1. The van der Waals surface area contributed by atoms with Gasteiger partial charge in [-0.25, -0.2) is 0 Å². The van der Waals surface area contributed by atoms with E-state index >= 15 is 0 Å². The number of pyridine rings is 1. The number of hydrogen-bond donors (Lipinski definition) is 3. The Morgan fingerprint density at radius 1 is 1.21 bits per heavy atom. The predicted octanol–water partition coefficient (Wildman–Crippen LogP) is 5.48. The van der Waals surface area contributed by atoms with E-state index in [9.17, 15) is 9.90 Å². The number of H-pyrrole nitrogens is 1. The summed E-state index contributed by atoms with van der Waals surface area (Å²) < 4.78 is 0.688. The highest BCUT2D eigenvalue weighted by molar-refractivity contribution is 7.17. The van der Waals surface area contributed by atoms with Gasteiger partial charge in [-0.1, -0.05) is 37.6 Å². The van der Waals surface area contributed by atoms with E-state index in [0.29, 0.717) is 4.70 Å². The number of hydrogen-bond acceptors (Lipinski definition) is 4. The lowest BCUT2D eigenvalue weighted by atomic mass is 9.92. The van der Waals surface area contributed by atoms with Gasteiger partial charge in [0.25, 0.3) is 5.56 Å². The van der Waals surface area contributed by atoms with E-state index in [2.05, 4.69) is 11.9 Å². The summed E-state index contributed by atoms with van der Waals surface area (Å²) in [5, 5.41) is 14.7. The molecule has 4 nitrogen and oxygen atoms in total. The smallest absolute Gasteiger partial charge is 0.266 e. The molecular weight excluding hydrogens is 368 g/mol. The number of thiophene rings is 1. The van der Waals surface area contributed by atoms with Crippen molar-refractivity contribution in [1.29, 1.82) is 0 Å². The number of fused-ring (bicyclic) bond motifs is 3. The standard InChI is InChI=1S/C23H24N2O2S/c1-3-4-5-16-12-18(26)19(15-8-6-14(7-9-15)13(2)24)20-17-10-11-28-22(17)23(27)25-21(16)20/h6-13,26H,3-5,24H2,1-2H3,(H,25,27). The van der Waals surface area contributed by atoms with Crippen molar-refractivity contribution in [2.24, 2.45) is 5.73 Å². The second-order valence-electron chi connectivity index (χ2n) is 7.31. The van der Waals surface area contributed by atoms with E-state index in [1.165, 1.54) is 11.3 Å². The van der Waals surface area contributed by atoms with Crippen LogP contribution in [0, 0.1) is 0 Å². The fourth-order valence-corrected chi connectivity index (χ4v) is 4.59. The van der Waals surface area contributed by atoms with Crippen LogP contribution in [0.2, 0.25) is 0 Å². The van der Waals surface area contributed by atoms with Crippen molar-refractivity contribution in [1.82, 2.24) is 4.98 Å². The lowest BCUT2D eigenvalue weighted by molar-refractivity contribution is 0.477. The number of rotatable bonds is 5. The highest BCUT2D eigenvalue weighted by atomic mass is 32.1. The van der Waals surface area contributed by atoms with Crippen LogP contribution < -0.4 is 11.3 Å². The fourth-order valence-electron chi connectivity index (χ4n) is 3.80. The van der Waals surface area contributed by atoms with Gasteiger partial charge >= 0.3 is 0 Å². The maximum Gasteiger partial charge on any atom is 0.266 e. The van der Waals surface area contributed by atoms with Crippen LogP contribution in [0.15, 0.2) is 46.6 Å². The number of unbranched alkanes of at least 4 members (excludes halogenated alkanes) is 1. The van der Waals surface area contributed by atoms with Gasteiger partial charge in [-0.15, -0.1) is 11.3 Å². The molecule has 4 rings (SSSR count). The van der Waals surface area contributed by atoms with Crippen molar-refractivity contribution in [3.05, 3.63) is 63.3 Å². The molecule has 0 aliphatic heterocycles. The minimum absolute atomic E-state index is 0.0456. The first-order valence-electron chi connectivity index (χ1n) is 9.65. The van der Waals surface area contributed by atoms with Crippen molar-refractivity contribution in [3.8, 4) is 16.9 Å². The average molecular weight is 393 g/mol. The van der Waals surface area contributed by atoms with Crippen molar-refractivity contribution in [2.45, 2.75) is 39.2 Å². The monoisotopic (exact) mass is 392 g/mol. The molecule has 1 atom stereocenters. The molecule has 4 aromatic rings. The highest BCUT2D eigenvalue weighted by Gasteiger charge is 2.18. The molecule has 5 heteroatoms. The van der Waals surface area contributed by atoms with Gasteiger partial charge in [-0.05, 0) is 54.0 Å². The minimum Gasteiger partial charge on any atom is -0.507 e. The Kier molecular flexibility index (Phi) is 4.96. The molecule has 1 unspecified atom stereocenters. The molecule has 2 aromatic heterocycles. The average Bonchev–Trinajstić information content (AvgIpc) is 3.17. The molecule has 28 heavy (non-hydrogen) atoms. The van der Waals surface area contributed by atoms with Crippen LogP contribution in [0.4, 0.5) is 0 Å². The van der Waals surface area contributed by atoms with Crippen LogP contribution >= 0.6 is 11.3 Å². The van der Waals surface area contributed by atoms with E-state index in [1.54, 1.807) is 6.07 Å². The normalized spacial score (nSPS) is 12.7. The molecule has 4 N–H and O–H groups in total. The summed E-state index contributed by atoms with van der Waals surface area (Å²) in [7, 11) is 0. The number of aryl methyl sites for hydroxylation is 1. The number of phenols is 1. The van der Waals surface area contributed by atoms with Gasteiger partial charge in [0.2, 0.25) is 0 Å². The summed E-state index contributed by atoms with van der Waals surface area (Å²) in [6.07, 6.45) is 2.87. The molecule has 0 bridgehead atoms. The molecule has 2 aromatic carbocycles. The third-order valence-electron chi connectivity index (χ3n) is 5.29. The lowest BCUT2D eigenvalue weighted by Gasteiger charge is -2.15.